The van der Waals surface area contributed by atoms with E-state index in [1.54, 1.807) is 56.3 Å². The van der Waals surface area contributed by atoms with E-state index in [0.717, 1.165) is 0 Å². The third-order valence-corrected chi connectivity index (χ3v) is 8.98. The summed E-state index contributed by atoms with van der Waals surface area (Å²) in [5, 5.41) is 3.42. The van der Waals surface area contributed by atoms with Crippen molar-refractivity contribution >= 4 is 41.5 Å². The lowest BCUT2D eigenvalue weighted by atomic mass is 9.70. The molecule has 2 aromatic rings. The van der Waals surface area contributed by atoms with Crippen molar-refractivity contribution in [3.8, 4) is 0 Å². The first kappa shape index (κ1) is 20.4. The largest absolute Gasteiger partial charge is 0.293 e. The minimum absolute atomic E-state index is 0.0476. The Morgan fingerprint density at radius 1 is 1.00 bits per heavy atom. The highest BCUT2D eigenvalue weighted by Gasteiger charge is 2.73. The molecule has 0 heterocycles. The normalized spacial score (nSPS) is 25.2. The molecular formula is C23H20NO5P. The van der Waals surface area contributed by atoms with Crippen molar-refractivity contribution in [2.75, 3.05) is 0 Å². The molecule has 3 unspecified atom stereocenters. The maximum absolute atomic E-state index is 14.0. The Kier molecular flexibility index (Phi) is 4.86. The fraction of sp³-hybridized carbons (Fsp3) is 0.304. The summed E-state index contributed by atoms with van der Waals surface area (Å²) in [7, 11) is -2.17. The predicted octanol–water partition coefficient (Wildman–Crippen LogP) is 4.13. The lowest BCUT2D eigenvalue weighted by Gasteiger charge is -2.36. The Hall–Kier alpha value is -2.85. The van der Waals surface area contributed by atoms with Gasteiger partial charge in [0, 0.05) is 5.92 Å². The quantitative estimate of drug-likeness (QED) is 0.302. The smallest absolute Gasteiger partial charge is 0.213 e. The summed E-state index contributed by atoms with van der Waals surface area (Å²) in [5.74, 6) is -1.68. The number of rotatable bonds is 6. The van der Waals surface area contributed by atoms with Crippen LogP contribution in [0.3, 0.4) is 0 Å². The first-order chi connectivity index (χ1) is 14.3. The summed E-state index contributed by atoms with van der Waals surface area (Å²) in [6.45, 7) is 3.55. The molecule has 0 amide bonds. The number of benzene rings is 2. The highest BCUT2D eigenvalue weighted by molar-refractivity contribution is 7.95. The second kappa shape index (κ2) is 7.13. The number of nitroso groups, excluding NO2 is 1. The Morgan fingerprint density at radius 3 is 2.23 bits per heavy atom. The summed E-state index contributed by atoms with van der Waals surface area (Å²) in [5.41, 5.74) is -3.38. The van der Waals surface area contributed by atoms with E-state index < -0.39 is 47.3 Å². The number of Topliss-reactive ketones (excluding diaryl/α,β-unsaturated/α-hetero) is 2. The van der Waals surface area contributed by atoms with Crippen LogP contribution in [0.4, 0.5) is 5.69 Å². The zero-order valence-electron chi connectivity index (χ0n) is 16.6. The molecule has 2 saturated carbocycles. The van der Waals surface area contributed by atoms with Gasteiger partial charge in [-0.3, -0.25) is 19.2 Å². The Balaban J connectivity index is 1.89. The van der Waals surface area contributed by atoms with E-state index in [1.807, 2.05) is 0 Å². The fourth-order valence-electron chi connectivity index (χ4n) is 5.00. The standard InChI is InChI=1S/C23H20NO5P/c1-22(2)16-12-13-23(22,19(26)18(16)25)21(28)30(14-8-4-3-5-9-14)20(27)15-10-6-7-11-17(15)24-29/h3-11,16H,12-13H2,1-2H3. The first-order valence-electron chi connectivity index (χ1n) is 9.72. The minimum Gasteiger partial charge on any atom is -0.293 e. The number of fused-ring (bicyclic) bond motifs is 2. The number of carbonyl (C=O) groups is 4. The summed E-state index contributed by atoms with van der Waals surface area (Å²) in [6.07, 6.45) is 0.725. The predicted molar refractivity (Wildman–Crippen MR) is 113 cm³/mol. The molecule has 6 nitrogen and oxygen atoms in total. The van der Waals surface area contributed by atoms with E-state index >= 15 is 0 Å². The number of hydrogen-bond acceptors (Lipinski definition) is 6. The molecule has 2 bridgehead atoms. The van der Waals surface area contributed by atoms with Gasteiger partial charge in [0.25, 0.3) is 0 Å². The van der Waals surface area contributed by atoms with Crippen molar-refractivity contribution < 1.29 is 19.2 Å². The van der Waals surface area contributed by atoms with Gasteiger partial charge in [-0.1, -0.05) is 56.3 Å². The third-order valence-electron chi connectivity index (χ3n) is 6.73. The van der Waals surface area contributed by atoms with Crippen LogP contribution < -0.4 is 5.30 Å². The molecule has 0 spiro atoms. The lowest BCUT2D eigenvalue weighted by Crippen LogP contribution is -2.45. The number of hydrogen-bond donors (Lipinski definition) is 0. The topological polar surface area (TPSA) is 97.7 Å². The van der Waals surface area contributed by atoms with Crippen LogP contribution in [0.1, 0.15) is 37.0 Å². The molecule has 2 fully saturated rings. The Morgan fingerprint density at radius 2 is 1.63 bits per heavy atom. The van der Waals surface area contributed by atoms with Crippen molar-refractivity contribution in [1.29, 1.82) is 0 Å². The van der Waals surface area contributed by atoms with Crippen LogP contribution in [0.5, 0.6) is 0 Å². The molecule has 0 N–H and O–H groups in total. The molecule has 0 saturated heterocycles. The van der Waals surface area contributed by atoms with Crippen LogP contribution in [0.25, 0.3) is 0 Å². The zero-order chi connectivity index (χ0) is 21.7. The van der Waals surface area contributed by atoms with Crippen LogP contribution in [0, 0.1) is 21.7 Å². The van der Waals surface area contributed by atoms with Crippen LogP contribution in [0.2, 0.25) is 0 Å². The van der Waals surface area contributed by atoms with E-state index in [-0.39, 0.29) is 17.7 Å². The maximum Gasteiger partial charge on any atom is 0.213 e. The van der Waals surface area contributed by atoms with Gasteiger partial charge in [-0.2, -0.15) is 0 Å². The van der Waals surface area contributed by atoms with Crippen molar-refractivity contribution in [1.82, 2.24) is 0 Å². The maximum atomic E-state index is 14.0. The van der Waals surface area contributed by atoms with Crippen LogP contribution in [0.15, 0.2) is 59.8 Å². The van der Waals surface area contributed by atoms with Crippen molar-refractivity contribution in [3.63, 3.8) is 0 Å². The SMILES string of the molecule is CC1(C)C2CCC1(C(=O)P(C(=O)c1ccccc1N=O)c1ccccc1)C(=O)C2=O. The number of nitrogens with zero attached hydrogens (tertiary/aromatic N) is 1. The Labute approximate surface area is 174 Å². The number of ketones is 2. The monoisotopic (exact) mass is 421 g/mol. The van der Waals surface area contributed by atoms with Gasteiger partial charge in [0.15, 0.2) is 11.0 Å². The molecule has 4 rings (SSSR count). The highest BCUT2D eigenvalue weighted by atomic mass is 31.1. The third kappa shape index (κ3) is 2.60. The molecule has 0 aromatic heterocycles. The second-order valence-corrected chi connectivity index (χ2v) is 10.3. The van der Waals surface area contributed by atoms with Crippen LogP contribution in [-0.4, -0.2) is 22.6 Å². The van der Waals surface area contributed by atoms with Gasteiger partial charge in [-0.15, -0.1) is 4.91 Å². The average Bonchev–Trinajstić information content (AvgIpc) is 3.11. The Bertz CT molecular complexity index is 1090. The summed E-state index contributed by atoms with van der Waals surface area (Å²) in [6, 6.07) is 14.6. The molecule has 2 aromatic carbocycles. The molecule has 0 radical (unpaired) electrons. The molecule has 2 aliphatic rings. The molecule has 7 heteroatoms. The summed E-state index contributed by atoms with van der Waals surface area (Å²) >= 11 is 0. The minimum atomic E-state index is -2.17. The molecular weight excluding hydrogens is 401 g/mol. The number of carbonyl (C=O) groups excluding carboxylic acids is 4. The molecule has 2 aliphatic carbocycles. The van der Waals surface area contributed by atoms with Crippen LogP contribution >= 0.6 is 7.92 Å². The van der Waals surface area contributed by atoms with Gasteiger partial charge in [0.1, 0.15) is 11.1 Å². The fourth-order valence-corrected chi connectivity index (χ4v) is 7.44. The molecule has 152 valence electrons. The average molecular weight is 421 g/mol. The van der Waals surface area contributed by atoms with Crippen LogP contribution in [-0.2, 0) is 14.4 Å². The first-order valence-corrected chi connectivity index (χ1v) is 11.1. The van der Waals surface area contributed by atoms with Crippen molar-refractivity contribution in [2.24, 2.45) is 21.9 Å². The van der Waals surface area contributed by atoms with E-state index in [0.29, 0.717) is 11.7 Å². The van der Waals surface area contributed by atoms with E-state index in [9.17, 15) is 24.1 Å². The van der Waals surface area contributed by atoms with E-state index in [2.05, 4.69) is 5.18 Å². The summed E-state index contributed by atoms with van der Waals surface area (Å²) < 4.78 is 0. The molecule has 30 heavy (non-hydrogen) atoms. The van der Waals surface area contributed by atoms with Gasteiger partial charge in [-0.25, -0.2) is 0 Å². The van der Waals surface area contributed by atoms with Gasteiger partial charge in [0.2, 0.25) is 11.6 Å². The highest BCUT2D eigenvalue weighted by Crippen LogP contribution is 2.67. The van der Waals surface area contributed by atoms with Gasteiger partial charge in [-0.05, 0) is 40.9 Å². The van der Waals surface area contributed by atoms with Gasteiger partial charge >= 0.3 is 0 Å². The van der Waals surface area contributed by atoms with Crippen molar-refractivity contribution in [3.05, 3.63) is 65.1 Å². The van der Waals surface area contributed by atoms with Gasteiger partial charge in [0.05, 0.1) is 13.5 Å². The lowest BCUT2D eigenvalue weighted by molar-refractivity contribution is -0.145. The van der Waals surface area contributed by atoms with E-state index in [4.69, 9.17) is 0 Å². The van der Waals surface area contributed by atoms with Gasteiger partial charge < -0.3 is 0 Å². The van der Waals surface area contributed by atoms with Crippen molar-refractivity contribution in [2.45, 2.75) is 26.7 Å². The molecule has 0 aliphatic heterocycles. The molecule has 3 atom stereocenters. The second-order valence-electron chi connectivity index (χ2n) is 8.30. The van der Waals surface area contributed by atoms with E-state index in [1.165, 1.54) is 12.1 Å². The zero-order valence-corrected chi connectivity index (χ0v) is 17.5. The summed E-state index contributed by atoms with van der Waals surface area (Å²) in [4.78, 5) is 64.5.